The van der Waals surface area contributed by atoms with Crippen LogP contribution in [0, 0.1) is 0 Å². The predicted octanol–water partition coefficient (Wildman–Crippen LogP) is 7.66. The molecule has 0 spiro atoms. The molecule has 8 rings (SSSR count). The fourth-order valence-corrected chi connectivity index (χ4v) is 5.20. The largest absolute Gasteiger partial charge is 0.437 e. The molecule has 0 saturated heterocycles. The van der Waals surface area contributed by atoms with Gasteiger partial charge in [-0.2, -0.15) is 0 Å². The van der Waals surface area contributed by atoms with E-state index < -0.39 is 0 Å². The minimum atomic E-state index is 0.767. The first-order valence-corrected chi connectivity index (χ1v) is 11.9. The molecule has 0 aliphatic heterocycles. The molecular formula is C31H18N4O. The second kappa shape index (κ2) is 7.23. The highest BCUT2D eigenvalue weighted by molar-refractivity contribution is 6.10. The SMILES string of the molecule is c1cc(-c2ccc3nc4c5ccccc5oc4n3c2)cc(-c2cc3cccnc3c3ncccc23)c1. The van der Waals surface area contributed by atoms with Crippen LogP contribution in [0.15, 0.2) is 114 Å². The molecule has 36 heavy (non-hydrogen) atoms. The Morgan fingerprint density at radius 1 is 0.611 bits per heavy atom. The van der Waals surface area contributed by atoms with Gasteiger partial charge in [0, 0.05) is 34.7 Å². The first kappa shape index (κ1) is 19.3. The molecule has 0 atom stereocenters. The van der Waals surface area contributed by atoms with Crippen LogP contribution in [0.3, 0.4) is 0 Å². The van der Waals surface area contributed by atoms with E-state index in [1.54, 1.807) is 0 Å². The third-order valence-electron chi connectivity index (χ3n) is 6.89. The van der Waals surface area contributed by atoms with Crippen molar-refractivity contribution in [2.45, 2.75) is 0 Å². The van der Waals surface area contributed by atoms with E-state index in [4.69, 9.17) is 9.40 Å². The van der Waals surface area contributed by atoms with Crippen LogP contribution in [0.4, 0.5) is 0 Å². The van der Waals surface area contributed by atoms with E-state index in [9.17, 15) is 0 Å². The average molecular weight is 463 g/mol. The average Bonchev–Trinajstić information content (AvgIpc) is 3.48. The number of benzene rings is 3. The van der Waals surface area contributed by atoms with Crippen molar-refractivity contribution in [1.29, 1.82) is 0 Å². The van der Waals surface area contributed by atoms with Gasteiger partial charge in [-0.05, 0) is 70.8 Å². The van der Waals surface area contributed by atoms with E-state index in [2.05, 4.69) is 70.8 Å². The number of rotatable bonds is 2. The number of aromatic nitrogens is 4. The Hall–Kier alpha value is -5.03. The van der Waals surface area contributed by atoms with Crippen LogP contribution in [-0.4, -0.2) is 19.4 Å². The number of hydrogen-bond donors (Lipinski definition) is 0. The molecule has 168 valence electrons. The van der Waals surface area contributed by atoms with Crippen molar-refractivity contribution in [2.75, 3.05) is 0 Å². The summed E-state index contributed by atoms with van der Waals surface area (Å²) < 4.78 is 8.21. The van der Waals surface area contributed by atoms with Crippen molar-refractivity contribution < 1.29 is 4.42 Å². The normalized spacial score (nSPS) is 11.9. The number of furan rings is 1. The lowest BCUT2D eigenvalue weighted by Gasteiger charge is -2.11. The minimum absolute atomic E-state index is 0.767. The highest BCUT2D eigenvalue weighted by atomic mass is 16.3. The number of fused-ring (bicyclic) bond motifs is 8. The minimum Gasteiger partial charge on any atom is -0.437 e. The Morgan fingerprint density at radius 2 is 1.44 bits per heavy atom. The van der Waals surface area contributed by atoms with Gasteiger partial charge in [0.15, 0.2) is 0 Å². The Kier molecular flexibility index (Phi) is 3.88. The molecular weight excluding hydrogens is 444 g/mol. The zero-order chi connectivity index (χ0) is 23.6. The summed E-state index contributed by atoms with van der Waals surface area (Å²) in [4.78, 5) is 14.1. The molecule has 0 saturated carbocycles. The van der Waals surface area contributed by atoms with Crippen molar-refractivity contribution in [1.82, 2.24) is 19.4 Å². The molecule has 5 aromatic heterocycles. The van der Waals surface area contributed by atoms with Crippen molar-refractivity contribution >= 4 is 49.7 Å². The van der Waals surface area contributed by atoms with Crippen molar-refractivity contribution in [2.24, 2.45) is 0 Å². The Balaban J connectivity index is 1.32. The highest BCUT2D eigenvalue weighted by Crippen LogP contribution is 2.35. The molecule has 0 amide bonds. The monoisotopic (exact) mass is 462 g/mol. The van der Waals surface area contributed by atoms with E-state index in [0.29, 0.717) is 0 Å². The fraction of sp³-hybridized carbons (Fsp3) is 0. The lowest BCUT2D eigenvalue weighted by Crippen LogP contribution is -1.90. The summed E-state index contributed by atoms with van der Waals surface area (Å²) in [6.45, 7) is 0. The highest BCUT2D eigenvalue weighted by Gasteiger charge is 2.15. The van der Waals surface area contributed by atoms with Crippen LogP contribution in [0.25, 0.3) is 71.9 Å². The lowest BCUT2D eigenvalue weighted by atomic mass is 9.95. The predicted molar refractivity (Wildman–Crippen MR) is 144 cm³/mol. The summed E-state index contributed by atoms with van der Waals surface area (Å²) in [6.07, 6.45) is 5.76. The van der Waals surface area contributed by atoms with Gasteiger partial charge >= 0.3 is 0 Å². The molecule has 5 nitrogen and oxygen atoms in total. The van der Waals surface area contributed by atoms with Gasteiger partial charge < -0.3 is 4.42 Å². The van der Waals surface area contributed by atoms with E-state index in [1.807, 2.05) is 53.2 Å². The molecule has 0 aliphatic carbocycles. The zero-order valence-electron chi connectivity index (χ0n) is 19.1. The maximum atomic E-state index is 6.17. The van der Waals surface area contributed by atoms with Gasteiger partial charge in [0.1, 0.15) is 16.7 Å². The molecule has 0 fully saturated rings. The topological polar surface area (TPSA) is 56.2 Å². The number of hydrogen-bond acceptors (Lipinski definition) is 4. The standard InChI is InChI=1S/C31H18N4O/c1-2-11-26-24(9-1)30-31(36-26)35-18-22(12-13-27(35)34-30)19-6-3-7-20(16-19)25-17-21-8-4-14-32-28(21)29-23(25)10-5-15-33-29/h1-18H. The Morgan fingerprint density at radius 3 is 2.42 bits per heavy atom. The lowest BCUT2D eigenvalue weighted by molar-refractivity contribution is 0.649. The van der Waals surface area contributed by atoms with Crippen molar-refractivity contribution in [3.05, 3.63) is 110 Å². The first-order chi connectivity index (χ1) is 17.8. The summed E-state index contributed by atoms with van der Waals surface area (Å²) in [6, 6.07) is 31.2. The van der Waals surface area contributed by atoms with Crippen molar-refractivity contribution in [3.63, 3.8) is 0 Å². The Labute approximate surface area is 205 Å². The van der Waals surface area contributed by atoms with Gasteiger partial charge in [0.2, 0.25) is 5.71 Å². The molecule has 0 N–H and O–H groups in total. The molecule has 0 bridgehead atoms. The second-order valence-electron chi connectivity index (χ2n) is 8.99. The first-order valence-electron chi connectivity index (χ1n) is 11.9. The molecule has 5 heteroatoms. The summed E-state index contributed by atoms with van der Waals surface area (Å²) in [7, 11) is 0. The summed E-state index contributed by atoms with van der Waals surface area (Å²) >= 11 is 0. The van der Waals surface area contributed by atoms with Gasteiger partial charge in [-0.25, -0.2) is 4.98 Å². The third kappa shape index (κ3) is 2.74. The molecule has 3 aromatic carbocycles. The van der Waals surface area contributed by atoms with E-state index in [1.165, 1.54) is 0 Å². The van der Waals surface area contributed by atoms with Crippen LogP contribution >= 0.6 is 0 Å². The number of nitrogens with zero attached hydrogens (tertiary/aromatic N) is 4. The van der Waals surface area contributed by atoms with Crippen LogP contribution in [0.5, 0.6) is 0 Å². The van der Waals surface area contributed by atoms with Gasteiger partial charge in [0.25, 0.3) is 0 Å². The third-order valence-corrected chi connectivity index (χ3v) is 6.89. The van der Waals surface area contributed by atoms with Gasteiger partial charge in [0.05, 0.1) is 11.0 Å². The van der Waals surface area contributed by atoms with Gasteiger partial charge in [-0.15, -0.1) is 0 Å². The van der Waals surface area contributed by atoms with Crippen LogP contribution in [-0.2, 0) is 0 Å². The zero-order valence-corrected chi connectivity index (χ0v) is 19.1. The van der Waals surface area contributed by atoms with Crippen LogP contribution < -0.4 is 0 Å². The van der Waals surface area contributed by atoms with E-state index >= 15 is 0 Å². The van der Waals surface area contributed by atoms with Crippen LogP contribution in [0.2, 0.25) is 0 Å². The molecule has 5 heterocycles. The van der Waals surface area contributed by atoms with Gasteiger partial charge in [-0.1, -0.05) is 42.5 Å². The number of para-hydroxylation sites is 1. The fourth-order valence-electron chi connectivity index (χ4n) is 5.20. The van der Waals surface area contributed by atoms with Gasteiger partial charge in [-0.3, -0.25) is 14.4 Å². The molecule has 0 radical (unpaired) electrons. The summed E-state index contributed by atoms with van der Waals surface area (Å²) in [5.74, 6) is 0. The quantitative estimate of drug-likeness (QED) is 0.247. The van der Waals surface area contributed by atoms with E-state index in [-0.39, 0.29) is 0 Å². The smallest absolute Gasteiger partial charge is 0.232 e. The number of imidazole rings is 1. The maximum Gasteiger partial charge on any atom is 0.232 e. The number of pyridine rings is 3. The molecule has 8 aromatic rings. The van der Waals surface area contributed by atoms with E-state index in [0.717, 1.165) is 71.9 Å². The molecule has 0 unspecified atom stereocenters. The maximum absolute atomic E-state index is 6.17. The second-order valence-corrected chi connectivity index (χ2v) is 8.99. The summed E-state index contributed by atoms with van der Waals surface area (Å²) in [5, 5.41) is 3.21. The van der Waals surface area contributed by atoms with Crippen LogP contribution in [0.1, 0.15) is 0 Å². The molecule has 0 aliphatic rings. The van der Waals surface area contributed by atoms with Crippen molar-refractivity contribution in [3.8, 4) is 22.3 Å². The Bertz CT molecular complexity index is 2120. The summed E-state index contributed by atoms with van der Waals surface area (Å²) in [5.41, 5.74) is 9.71.